The highest BCUT2D eigenvalue weighted by Crippen LogP contribution is 2.23. The lowest BCUT2D eigenvalue weighted by molar-refractivity contribution is 0.0660. The molecular weight excluding hydrogens is 304 g/mol. The van der Waals surface area contributed by atoms with Crippen molar-refractivity contribution in [1.82, 2.24) is 14.9 Å². The maximum absolute atomic E-state index is 12.8. The highest BCUT2D eigenvalue weighted by Gasteiger charge is 2.26. The Morgan fingerprint density at radius 1 is 1.42 bits per heavy atom. The molecule has 1 fully saturated rings. The minimum Gasteiger partial charge on any atom is -0.437 e. The average molecular weight is 326 g/mol. The number of hydrogen-bond donors (Lipinski definition) is 1. The molecule has 2 aromatic rings. The lowest BCUT2D eigenvalue weighted by Crippen LogP contribution is -2.45. The van der Waals surface area contributed by atoms with Crippen molar-refractivity contribution in [2.45, 2.75) is 25.8 Å². The number of nitrogens with zero attached hydrogens (tertiary/aromatic N) is 3. The van der Waals surface area contributed by atoms with Crippen LogP contribution in [0.1, 0.15) is 30.1 Å². The van der Waals surface area contributed by atoms with Crippen molar-refractivity contribution in [1.29, 1.82) is 0 Å². The summed E-state index contributed by atoms with van der Waals surface area (Å²) in [6.45, 7) is 3.50. The number of ether oxygens (including phenoxy) is 1. The molecule has 3 rings (SSSR count). The van der Waals surface area contributed by atoms with E-state index < -0.39 is 0 Å². The summed E-state index contributed by atoms with van der Waals surface area (Å²) in [5, 5.41) is 0. The number of carbonyl (C=O) groups excluding carboxylic acids is 1. The Labute approximate surface area is 141 Å². The van der Waals surface area contributed by atoms with E-state index in [2.05, 4.69) is 9.97 Å². The van der Waals surface area contributed by atoms with Crippen LogP contribution in [0, 0.1) is 5.92 Å². The summed E-state index contributed by atoms with van der Waals surface area (Å²) >= 11 is 0. The quantitative estimate of drug-likeness (QED) is 0.933. The minimum atomic E-state index is 0.0185. The van der Waals surface area contributed by atoms with Crippen molar-refractivity contribution < 1.29 is 9.53 Å². The first-order valence-corrected chi connectivity index (χ1v) is 8.22. The number of benzene rings is 1. The zero-order valence-electron chi connectivity index (χ0n) is 13.8. The van der Waals surface area contributed by atoms with Gasteiger partial charge in [-0.05, 0) is 43.9 Å². The molecule has 0 radical (unpaired) electrons. The zero-order chi connectivity index (χ0) is 16.9. The molecule has 1 aromatic carbocycles. The largest absolute Gasteiger partial charge is 0.437 e. The topological polar surface area (TPSA) is 81.3 Å². The highest BCUT2D eigenvalue weighted by molar-refractivity contribution is 5.94. The number of rotatable bonds is 4. The first-order valence-electron chi connectivity index (χ1n) is 8.22. The van der Waals surface area contributed by atoms with Crippen molar-refractivity contribution >= 4 is 5.91 Å². The van der Waals surface area contributed by atoms with Gasteiger partial charge in [-0.1, -0.05) is 6.07 Å². The van der Waals surface area contributed by atoms with Gasteiger partial charge in [0, 0.05) is 37.1 Å². The van der Waals surface area contributed by atoms with E-state index in [4.69, 9.17) is 10.5 Å². The smallest absolute Gasteiger partial charge is 0.253 e. The molecule has 0 saturated carbocycles. The number of likely N-dealkylation sites (tertiary alicyclic amines) is 1. The summed E-state index contributed by atoms with van der Waals surface area (Å²) in [4.78, 5) is 22.7. The fourth-order valence-corrected chi connectivity index (χ4v) is 2.96. The molecule has 2 atom stereocenters. The van der Waals surface area contributed by atoms with Crippen LogP contribution in [0.15, 0.2) is 42.9 Å². The fourth-order valence-electron chi connectivity index (χ4n) is 2.96. The van der Waals surface area contributed by atoms with Gasteiger partial charge in [0.2, 0.25) is 5.88 Å². The maximum Gasteiger partial charge on any atom is 0.253 e. The molecule has 2 heterocycles. The van der Waals surface area contributed by atoms with Crippen molar-refractivity contribution in [3.63, 3.8) is 0 Å². The Balaban J connectivity index is 1.72. The molecular formula is C18H22N4O2. The van der Waals surface area contributed by atoms with E-state index in [0.717, 1.165) is 19.4 Å². The van der Waals surface area contributed by atoms with E-state index in [9.17, 15) is 4.79 Å². The third-order valence-corrected chi connectivity index (χ3v) is 4.33. The molecule has 1 aromatic heterocycles. The number of carbonyl (C=O) groups is 1. The Kier molecular flexibility index (Phi) is 5.05. The standard InChI is InChI=1S/C18H22N4O2/c1-13(19)15-5-3-9-22(12-15)18(23)14-4-2-6-16(10-14)24-17-11-20-7-8-21-17/h2,4,6-8,10-11,13,15H,3,5,9,12,19H2,1H3/t13-,15+/m0/s1. The molecule has 2 N–H and O–H groups in total. The Hall–Kier alpha value is -2.47. The first kappa shape index (κ1) is 16.4. The van der Waals surface area contributed by atoms with Gasteiger partial charge in [0.1, 0.15) is 5.75 Å². The monoisotopic (exact) mass is 326 g/mol. The molecule has 0 bridgehead atoms. The predicted molar refractivity (Wildman–Crippen MR) is 90.8 cm³/mol. The lowest BCUT2D eigenvalue weighted by atomic mass is 9.92. The van der Waals surface area contributed by atoms with Gasteiger partial charge in [0.15, 0.2) is 0 Å². The van der Waals surface area contributed by atoms with Crippen LogP contribution in [0.5, 0.6) is 11.6 Å². The second-order valence-electron chi connectivity index (χ2n) is 6.19. The Morgan fingerprint density at radius 3 is 3.04 bits per heavy atom. The van der Waals surface area contributed by atoms with E-state index >= 15 is 0 Å². The van der Waals surface area contributed by atoms with Gasteiger partial charge in [0.05, 0.1) is 6.20 Å². The summed E-state index contributed by atoms with van der Waals surface area (Å²) in [6.07, 6.45) is 6.75. The van der Waals surface area contributed by atoms with E-state index in [1.165, 1.54) is 6.20 Å². The van der Waals surface area contributed by atoms with E-state index in [1.807, 2.05) is 17.9 Å². The summed E-state index contributed by atoms with van der Waals surface area (Å²) in [5.41, 5.74) is 6.62. The second-order valence-corrected chi connectivity index (χ2v) is 6.19. The van der Waals surface area contributed by atoms with E-state index in [-0.39, 0.29) is 11.9 Å². The summed E-state index contributed by atoms with van der Waals surface area (Å²) in [5.74, 6) is 1.35. The molecule has 1 aliphatic heterocycles. The van der Waals surface area contributed by atoms with Gasteiger partial charge < -0.3 is 15.4 Å². The first-order chi connectivity index (χ1) is 11.6. The molecule has 0 aliphatic carbocycles. The molecule has 1 saturated heterocycles. The third-order valence-electron chi connectivity index (χ3n) is 4.33. The van der Waals surface area contributed by atoms with E-state index in [1.54, 1.807) is 30.6 Å². The summed E-state index contributed by atoms with van der Waals surface area (Å²) in [7, 11) is 0. The van der Waals surface area contributed by atoms with Crippen LogP contribution in [0.25, 0.3) is 0 Å². The normalized spacial score (nSPS) is 18.9. The summed E-state index contributed by atoms with van der Waals surface area (Å²) in [6, 6.07) is 7.26. The molecule has 126 valence electrons. The molecule has 1 amide bonds. The van der Waals surface area contributed by atoms with Gasteiger partial charge in [-0.15, -0.1) is 0 Å². The third kappa shape index (κ3) is 3.89. The Bertz CT molecular complexity index is 690. The molecule has 6 heteroatoms. The zero-order valence-corrected chi connectivity index (χ0v) is 13.8. The van der Waals surface area contributed by atoms with Gasteiger partial charge in [0.25, 0.3) is 5.91 Å². The molecule has 24 heavy (non-hydrogen) atoms. The molecule has 1 aliphatic rings. The van der Waals surface area contributed by atoms with Crippen LogP contribution in [-0.2, 0) is 0 Å². The molecule has 0 unspecified atom stereocenters. The Morgan fingerprint density at radius 2 is 2.29 bits per heavy atom. The second kappa shape index (κ2) is 7.40. The van der Waals surface area contributed by atoms with Gasteiger partial charge >= 0.3 is 0 Å². The van der Waals surface area contributed by atoms with E-state index in [0.29, 0.717) is 29.7 Å². The van der Waals surface area contributed by atoms with Crippen LogP contribution in [0.4, 0.5) is 0 Å². The van der Waals surface area contributed by atoms with Crippen molar-refractivity contribution in [2.24, 2.45) is 11.7 Å². The van der Waals surface area contributed by atoms with Crippen molar-refractivity contribution in [3.05, 3.63) is 48.4 Å². The van der Waals surface area contributed by atoms with Gasteiger partial charge in [-0.2, -0.15) is 0 Å². The minimum absolute atomic E-state index is 0.0185. The number of piperidine rings is 1. The predicted octanol–water partition coefficient (Wildman–Crippen LogP) is 2.47. The number of nitrogens with two attached hydrogens (primary N) is 1. The van der Waals surface area contributed by atoms with Crippen LogP contribution < -0.4 is 10.5 Å². The van der Waals surface area contributed by atoms with Crippen LogP contribution in [-0.4, -0.2) is 39.9 Å². The fraction of sp³-hybridized carbons (Fsp3) is 0.389. The number of aromatic nitrogens is 2. The van der Waals surface area contributed by atoms with Crippen LogP contribution in [0.2, 0.25) is 0 Å². The average Bonchev–Trinajstić information content (AvgIpc) is 2.62. The highest BCUT2D eigenvalue weighted by atomic mass is 16.5. The van der Waals surface area contributed by atoms with Crippen LogP contribution in [0.3, 0.4) is 0 Å². The van der Waals surface area contributed by atoms with Crippen molar-refractivity contribution in [2.75, 3.05) is 13.1 Å². The SMILES string of the molecule is C[C@H](N)[C@@H]1CCCN(C(=O)c2cccc(Oc3cnccn3)c2)C1. The maximum atomic E-state index is 12.8. The number of amides is 1. The van der Waals surface area contributed by atoms with Crippen LogP contribution >= 0.6 is 0 Å². The summed E-state index contributed by atoms with van der Waals surface area (Å²) < 4.78 is 5.65. The molecule has 6 nitrogen and oxygen atoms in total. The van der Waals surface area contributed by atoms with Gasteiger partial charge in [-0.3, -0.25) is 9.78 Å². The van der Waals surface area contributed by atoms with Gasteiger partial charge in [-0.25, -0.2) is 4.98 Å². The number of hydrogen-bond acceptors (Lipinski definition) is 5. The molecule has 0 spiro atoms. The lowest BCUT2D eigenvalue weighted by Gasteiger charge is -2.34. The van der Waals surface area contributed by atoms with Crippen molar-refractivity contribution in [3.8, 4) is 11.6 Å².